The summed E-state index contributed by atoms with van der Waals surface area (Å²) in [6.45, 7) is 3.67. The van der Waals surface area contributed by atoms with Gasteiger partial charge in [-0.15, -0.1) is 12.4 Å². The Labute approximate surface area is 264 Å². The quantitative estimate of drug-likeness (QED) is 0.132. The minimum absolute atomic E-state index is 0. The summed E-state index contributed by atoms with van der Waals surface area (Å²) < 4.78 is 5.13. The Balaban J connectivity index is -0.000000653. The smallest absolute Gasteiger partial charge is 0.259 e. The van der Waals surface area contributed by atoms with Crippen molar-refractivity contribution in [3.05, 3.63) is 42.0 Å². The molecule has 0 radical (unpaired) electrons. The van der Waals surface area contributed by atoms with E-state index in [9.17, 15) is 15.0 Å². The van der Waals surface area contributed by atoms with E-state index in [0.29, 0.717) is 29.3 Å². The van der Waals surface area contributed by atoms with Gasteiger partial charge in [0.15, 0.2) is 0 Å². The molecule has 2 aromatic carbocycles. The van der Waals surface area contributed by atoms with Crippen LogP contribution in [0.1, 0.15) is 54.6 Å². The highest BCUT2D eigenvalue weighted by Gasteiger charge is 2.21. The number of nitrogens with zero attached hydrogens (tertiary/aromatic N) is 5. The monoisotopic (exact) mass is 631 g/mol. The number of amides is 1. The Morgan fingerprint density at radius 1 is 0.791 bits per heavy atom. The molecule has 2 fully saturated rings. The van der Waals surface area contributed by atoms with Gasteiger partial charge in [0.25, 0.3) is 5.91 Å². The van der Waals surface area contributed by atoms with Crippen LogP contribution in [0.5, 0.6) is 17.2 Å². The molecule has 2 saturated heterocycles. The molecule has 0 bridgehead atoms. The van der Waals surface area contributed by atoms with Gasteiger partial charge in [-0.2, -0.15) is 15.0 Å². The summed E-state index contributed by atoms with van der Waals surface area (Å²) in [5, 5.41) is 26.5. The van der Waals surface area contributed by atoms with Gasteiger partial charge in [0, 0.05) is 43.6 Å². The number of carbonyl (C=O) groups excluding carboxylic acids is 1. The molecular formula is C27H54ClN11O4. The average molecular weight is 632 g/mol. The van der Waals surface area contributed by atoms with Crippen molar-refractivity contribution in [1.82, 2.24) is 39.6 Å². The SMILES string of the molecule is COc1ccc(O)c(C(=O)Nc2ccc(Nc3nc(N4CCCCC4)nc(N4CCCCC4)n3)cc2O)c1.Cl.N.N.N.N.[HH].[HH].[HH].[HH]. The second kappa shape index (κ2) is 17.7. The summed E-state index contributed by atoms with van der Waals surface area (Å²) in [6, 6.07) is 9.14. The van der Waals surface area contributed by atoms with Gasteiger partial charge in [-0.05, 0) is 68.9 Å². The van der Waals surface area contributed by atoms with E-state index < -0.39 is 5.91 Å². The first-order valence-electron chi connectivity index (χ1n) is 13.0. The number of ether oxygens (including phenoxy) is 1. The zero-order valence-electron chi connectivity index (χ0n) is 24.7. The molecule has 0 aliphatic carbocycles. The van der Waals surface area contributed by atoms with Crippen LogP contribution in [-0.2, 0) is 0 Å². The van der Waals surface area contributed by atoms with E-state index in [-0.39, 0.29) is 65.5 Å². The fourth-order valence-electron chi connectivity index (χ4n) is 4.74. The third kappa shape index (κ3) is 9.42. The maximum Gasteiger partial charge on any atom is 0.259 e. The number of anilines is 5. The molecule has 2 aliphatic rings. The van der Waals surface area contributed by atoms with E-state index in [1.165, 1.54) is 38.2 Å². The largest absolute Gasteiger partial charge is 0.507 e. The van der Waals surface area contributed by atoms with Crippen LogP contribution in [0.3, 0.4) is 0 Å². The summed E-state index contributed by atoms with van der Waals surface area (Å²) in [7, 11) is 1.48. The van der Waals surface area contributed by atoms with E-state index in [1.807, 2.05) is 0 Å². The fraction of sp³-hybridized carbons (Fsp3) is 0.407. The topological polar surface area (TPSA) is 276 Å². The van der Waals surface area contributed by atoms with E-state index in [2.05, 4.69) is 30.4 Å². The number of hydrogen-bond donors (Lipinski definition) is 8. The van der Waals surface area contributed by atoms with Gasteiger partial charge in [-0.25, -0.2) is 0 Å². The molecule has 3 heterocycles. The van der Waals surface area contributed by atoms with Crippen molar-refractivity contribution < 1.29 is 25.5 Å². The van der Waals surface area contributed by atoms with Crippen LogP contribution >= 0.6 is 12.4 Å². The highest BCUT2D eigenvalue weighted by Crippen LogP contribution is 2.31. The predicted molar refractivity (Wildman–Crippen MR) is 182 cm³/mol. The predicted octanol–water partition coefficient (Wildman–Crippen LogP) is 6.32. The molecule has 43 heavy (non-hydrogen) atoms. The number of methoxy groups -OCH3 is 1. The minimum atomic E-state index is -0.577. The molecule has 0 unspecified atom stereocenters. The average Bonchev–Trinajstić information content (AvgIpc) is 2.95. The molecule has 1 aromatic heterocycles. The molecule has 2 aliphatic heterocycles. The molecule has 248 valence electrons. The van der Waals surface area contributed by atoms with Gasteiger partial charge in [-0.3, -0.25) is 4.79 Å². The second-order valence-electron chi connectivity index (χ2n) is 9.55. The van der Waals surface area contributed by atoms with Crippen molar-refractivity contribution in [3.63, 3.8) is 0 Å². The Hall–Kier alpha value is -4.15. The van der Waals surface area contributed by atoms with E-state index in [1.54, 1.807) is 18.2 Å². The molecule has 16 heteroatoms. The maximum atomic E-state index is 12.7. The zero-order valence-corrected chi connectivity index (χ0v) is 25.5. The second-order valence-corrected chi connectivity index (χ2v) is 9.55. The summed E-state index contributed by atoms with van der Waals surface area (Å²) in [6.07, 6.45) is 6.88. The van der Waals surface area contributed by atoms with E-state index in [0.717, 1.165) is 51.9 Å². The van der Waals surface area contributed by atoms with Crippen molar-refractivity contribution in [2.45, 2.75) is 38.5 Å². The van der Waals surface area contributed by atoms with Crippen molar-refractivity contribution in [1.29, 1.82) is 0 Å². The molecule has 16 N–H and O–H groups in total. The minimum Gasteiger partial charge on any atom is -0.507 e. The number of piperidine rings is 2. The van der Waals surface area contributed by atoms with Gasteiger partial charge in [0.2, 0.25) is 17.8 Å². The van der Waals surface area contributed by atoms with Gasteiger partial charge >= 0.3 is 0 Å². The van der Waals surface area contributed by atoms with Gasteiger partial charge in [0.05, 0.1) is 18.4 Å². The molecule has 0 spiro atoms. The Bertz CT molecular complexity index is 1290. The van der Waals surface area contributed by atoms with Crippen molar-refractivity contribution in [2.75, 3.05) is 53.7 Å². The Morgan fingerprint density at radius 3 is 1.86 bits per heavy atom. The molecule has 0 atom stereocenters. The molecule has 15 nitrogen and oxygen atoms in total. The van der Waals surface area contributed by atoms with Gasteiger partial charge in [-0.1, -0.05) is 0 Å². The van der Waals surface area contributed by atoms with Gasteiger partial charge in [0.1, 0.15) is 17.2 Å². The maximum absolute atomic E-state index is 12.7. The number of benzene rings is 2. The number of aromatic nitrogens is 3. The lowest BCUT2D eigenvalue weighted by molar-refractivity contribution is 0.102. The van der Waals surface area contributed by atoms with E-state index >= 15 is 0 Å². The number of carbonyl (C=O) groups is 1. The number of phenolic OH excluding ortho intramolecular Hbond substituents is 2. The lowest BCUT2D eigenvalue weighted by atomic mass is 10.1. The number of phenols is 2. The highest BCUT2D eigenvalue weighted by molar-refractivity contribution is 6.07. The van der Waals surface area contributed by atoms with Crippen molar-refractivity contribution in [2.24, 2.45) is 0 Å². The van der Waals surface area contributed by atoms with Crippen LogP contribution in [0.15, 0.2) is 36.4 Å². The third-order valence-electron chi connectivity index (χ3n) is 6.84. The van der Waals surface area contributed by atoms with Crippen LogP contribution in [-0.4, -0.2) is 64.4 Å². The normalized spacial score (nSPS) is 13.9. The van der Waals surface area contributed by atoms with Crippen LogP contribution in [0.2, 0.25) is 0 Å². The summed E-state index contributed by atoms with van der Waals surface area (Å²) in [4.78, 5) is 31.3. The van der Waals surface area contributed by atoms with Crippen LogP contribution < -0.4 is 49.8 Å². The molecule has 0 saturated carbocycles. The lowest BCUT2D eigenvalue weighted by Crippen LogP contribution is -2.34. The third-order valence-corrected chi connectivity index (χ3v) is 6.84. The molecule has 5 rings (SSSR count). The standard InChI is InChI=1S/C27H33N7O4.ClH.4H3N.4H2/c1-38-19-9-11-22(35)20(17-19)24(37)29-21-10-8-18(16-23(21)36)28-25-30-26(33-12-4-2-5-13-33)32-27(31-25)34-14-6-3-7-15-34;;;;;;;;;/h8-11,16-17,35-36H,2-7,12-15H2,1H3,(H,29,37)(H,28,30,31,32);1H;4*1H3;4*1H. The summed E-state index contributed by atoms with van der Waals surface area (Å²) in [5.41, 5.74) is 0.790. The highest BCUT2D eigenvalue weighted by atomic mass is 35.5. The van der Waals surface area contributed by atoms with E-state index in [4.69, 9.17) is 9.72 Å². The Morgan fingerprint density at radius 2 is 1.35 bits per heavy atom. The van der Waals surface area contributed by atoms with Crippen LogP contribution in [0.4, 0.5) is 29.2 Å². The van der Waals surface area contributed by atoms with Gasteiger partial charge < -0.3 is 60.0 Å². The molecule has 3 aromatic rings. The fourth-order valence-corrected chi connectivity index (χ4v) is 4.74. The first kappa shape index (κ1) is 38.9. The molecular weight excluding hydrogens is 578 g/mol. The van der Waals surface area contributed by atoms with Crippen LogP contribution in [0.25, 0.3) is 0 Å². The first-order chi connectivity index (χ1) is 18.5. The summed E-state index contributed by atoms with van der Waals surface area (Å²) in [5.74, 6) is 1.24. The number of nitrogens with one attached hydrogen (secondary N) is 2. The Kier molecular flexibility index (Phi) is 16.0. The zero-order chi connectivity index (χ0) is 26.5. The summed E-state index contributed by atoms with van der Waals surface area (Å²) >= 11 is 0. The van der Waals surface area contributed by atoms with Crippen LogP contribution in [0, 0.1) is 0 Å². The number of hydrogen-bond acceptors (Lipinski definition) is 14. The number of aromatic hydroxyl groups is 2. The van der Waals surface area contributed by atoms with Crippen molar-refractivity contribution in [3.8, 4) is 17.2 Å². The van der Waals surface area contributed by atoms with Crippen molar-refractivity contribution >= 4 is 47.5 Å². The number of rotatable bonds is 7. The first-order valence-corrected chi connectivity index (χ1v) is 13.0. The molecule has 1 amide bonds. The number of halogens is 1. The lowest BCUT2D eigenvalue weighted by Gasteiger charge is -2.30.